The van der Waals surface area contributed by atoms with Crippen molar-refractivity contribution in [2.24, 2.45) is 0 Å². The summed E-state index contributed by atoms with van der Waals surface area (Å²) >= 11 is 0. The average Bonchev–Trinajstić information content (AvgIpc) is 2.38. The van der Waals surface area contributed by atoms with Crippen LogP contribution in [0.4, 0.5) is 11.4 Å². The highest BCUT2D eigenvalue weighted by Crippen LogP contribution is 2.21. The molecule has 0 bridgehead atoms. The largest absolute Gasteiger partial charge is 0.462 e. The summed E-state index contributed by atoms with van der Waals surface area (Å²) in [6.07, 6.45) is 2.95. The molecule has 1 atom stereocenters. The molecule has 0 saturated carbocycles. The van der Waals surface area contributed by atoms with Crippen molar-refractivity contribution < 1.29 is 9.53 Å². The molecule has 0 aliphatic rings. The van der Waals surface area contributed by atoms with Crippen molar-refractivity contribution in [2.75, 3.05) is 17.7 Å². The maximum absolute atomic E-state index is 12.0. The van der Waals surface area contributed by atoms with Gasteiger partial charge in [0.1, 0.15) is 0 Å². The molecule has 4 heteroatoms. The van der Waals surface area contributed by atoms with Crippen molar-refractivity contribution in [3.8, 4) is 0 Å². The van der Waals surface area contributed by atoms with E-state index < -0.39 is 0 Å². The molecule has 0 radical (unpaired) electrons. The second kappa shape index (κ2) is 7.67. The first kappa shape index (κ1) is 15.3. The van der Waals surface area contributed by atoms with Crippen LogP contribution in [0.5, 0.6) is 0 Å². The van der Waals surface area contributed by atoms with E-state index >= 15 is 0 Å². The van der Waals surface area contributed by atoms with Gasteiger partial charge in [-0.05, 0) is 38.0 Å². The van der Waals surface area contributed by atoms with E-state index in [0.717, 1.165) is 24.9 Å². The van der Waals surface area contributed by atoms with Gasteiger partial charge in [-0.25, -0.2) is 4.79 Å². The van der Waals surface area contributed by atoms with E-state index in [1.165, 1.54) is 0 Å². The molecule has 0 amide bonds. The van der Waals surface area contributed by atoms with Crippen LogP contribution < -0.4 is 11.1 Å². The molecule has 0 saturated heterocycles. The third-order valence-corrected chi connectivity index (χ3v) is 2.82. The number of ether oxygens (including phenoxy) is 1. The van der Waals surface area contributed by atoms with Crippen molar-refractivity contribution in [1.82, 2.24) is 0 Å². The molecule has 1 aromatic carbocycles. The summed E-state index contributed by atoms with van der Waals surface area (Å²) in [5, 5.41) is 3.34. The topological polar surface area (TPSA) is 64.3 Å². The number of carbonyl (C=O) groups is 1. The quantitative estimate of drug-likeness (QED) is 0.585. The molecule has 0 fully saturated rings. The average molecular weight is 264 g/mol. The van der Waals surface area contributed by atoms with Gasteiger partial charge in [-0.2, -0.15) is 0 Å². The SMILES string of the molecule is CCCOC(=O)c1cc(N)ccc1NC(C)CCC. The number of esters is 1. The molecule has 1 aromatic rings. The molecule has 3 N–H and O–H groups in total. The highest BCUT2D eigenvalue weighted by Gasteiger charge is 2.14. The van der Waals surface area contributed by atoms with Crippen LogP contribution in [0.15, 0.2) is 18.2 Å². The van der Waals surface area contributed by atoms with Gasteiger partial charge in [-0.15, -0.1) is 0 Å². The fourth-order valence-electron chi connectivity index (χ4n) is 1.90. The van der Waals surface area contributed by atoms with Crippen LogP contribution >= 0.6 is 0 Å². The zero-order valence-electron chi connectivity index (χ0n) is 12.0. The van der Waals surface area contributed by atoms with Gasteiger partial charge >= 0.3 is 5.97 Å². The van der Waals surface area contributed by atoms with Crippen molar-refractivity contribution in [3.05, 3.63) is 23.8 Å². The standard InChI is InChI=1S/C15H24N2O2/c1-4-6-11(3)17-14-8-7-12(16)10-13(14)15(18)19-9-5-2/h7-8,10-11,17H,4-6,9,16H2,1-3H3. The first-order valence-corrected chi connectivity index (χ1v) is 6.91. The molecule has 1 rings (SSSR count). The first-order valence-electron chi connectivity index (χ1n) is 6.91. The van der Waals surface area contributed by atoms with Gasteiger partial charge in [-0.1, -0.05) is 20.3 Å². The Balaban J connectivity index is 2.87. The third-order valence-electron chi connectivity index (χ3n) is 2.82. The van der Waals surface area contributed by atoms with Crippen LogP contribution in [0, 0.1) is 0 Å². The number of nitrogens with two attached hydrogens (primary N) is 1. The van der Waals surface area contributed by atoms with E-state index in [2.05, 4.69) is 19.2 Å². The molecular formula is C15H24N2O2. The van der Waals surface area contributed by atoms with Crippen LogP contribution in [-0.4, -0.2) is 18.6 Å². The minimum absolute atomic E-state index is 0.311. The summed E-state index contributed by atoms with van der Waals surface area (Å²) in [5.74, 6) is -0.319. The Bertz CT molecular complexity index is 419. The molecular weight excluding hydrogens is 240 g/mol. The van der Waals surface area contributed by atoms with Crippen LogP contribution in [0.25, 0.3) is 0 Å². The normalized spacial score (nSPS) is 11.9. The summed E-state index contributed by atoms with van der Waals surface area (Å²) in [6.45, 7) is 6.63. The summed E-state index contributed by atoms with van der Waals surface area (Å²) in [7, 11) is 0. The zero-order chi connectivity index (χ0) is 14.3. The monoisotopic (exact) mass is 264 g/mol. The number of carbonyl (C=O) groups excluding carboxylic acids is 1. The molecule has 106 valence electrons. The predicted octanol–water partition coefficient (Wildman–Crippen LogP) is 3.44. The molecule has 4 nitrogen and oxygen atoms in total. The molecule has 0 aromatic heterocycles. The number of nitrogen functional groups attached to an aromatic ring is 1. The molecule has 19 heavy (non-hydrogen) atoms. The first-order chi connectivity index (χ1) is 9.08. The summed E-state index contributed by atoms with van der Waals surface area (Å²) in [4.78, 5) is 12.0. The van der Waals surface area contributed by atoms with Crippen LogP contribution in [-0.2, 0) is 4.74 Å². The number of hydrogen-bond acceptors (Lipinski definition) is 4. The number of nitrogens with one attached hydrogen (secondary N) is 1. The van der Waals surface area contributed by atoms with Crippen LogP contribution in [0.2, 0.25) is 0 Å². The van der Waals surface area contributed by atoms with Gasteiger partial charge in [0.25, 0.3) is 0 Å². The summed E-state index contributed by atoms with van der Waals surface area (Å²) in [5.41, 5.74) is 7.61. The molecule has 0 aliphatic carbocycles. The second-order valence-electron chi connectivity index (χ2n) is 4.78. The number of benzene rings is 1. The number of rotatable bonds is 7. The number of anilines is 2. The van der Waals surface area contributed by atoms with Gasteiger partial charge in [0.2, 0.25) is 0 Å². The van der Waals surface area contributed by atoms with Gasteiger partial charge in [0, 0.05) is 17.4 Å². The van der Waals surface area contributed by atoms with E-state index in [-0.39, 0.29) is 5.97 Å². The Labute approximate surface area is 115 Å². The maximum atomic E-state index is 12.0. The van der Waals surface area contributed by atoms with E-state index in [0.29, 0.717) is 23.9 Å². The molecule has 0 spiro atoms. The highest BCUT2D eigenvalue weighted by atomic mass is 16.5. The van der Waals surface area contributed by atoms with Gasteiger partial charge in [-0.3, -0.25) is 0 Å². The Kier molecular flexibility index (Phi) is 6.19. The summed E-state index contributed by atoms with van der Waals surface area (Å²) < 4.78 is 5.18. The fraction of sp³-hybridized carbons (Fsp3) is 0.533. The highest BCUT2D eigenvalue weighted by molar-refractivity contribution is 5.96. The van der Waals surface area contributed by atoms with E-state index in [1.807, 2.05) is 13.0 Å². The minimum Gasteiger partial charge on any atom is -0.462 e. The van der Waals surface area contributed by atoms with Crippen molar-refractivity contribution in [2.45, 2.75) is 46.1 Å². The Morgan fingerprint density at radius 3 is 2.74 bits per heavy atom. The lowest BCUT2D eigenvalue weighted by atomic mass is 10.1. The summed E-state index contributed by atoms with van der Waals surface area (Å²) in [6, 6.07) is 5.60. The second-order valence-corrected chi connectivity index (χ2v) is 4.78. The van der Waals surface area contributed by atoms with Crippen molar-refractivity contribution in [1.29, 1.82) is 0 Å². The smallest absolute Gasteiger partial charge is 0.340 e. The van der Waals surface area contributed by atoms with E-state index in [4.69, 9.17) is 10.5 Å². The predicted molar refractivity (Wildman–Crippen MR) is 79.4 cm³/mol. The molecule has 1 unspecified atom stereocenters. The Hall–Kier alpha value is -1.71. The van der Waals surface area contributed by atoms with Crippen molar-refractivity contribution >= 4 is 17.3 Å². The molecule has 0 heterocycles. The lowest BCUT2D eigenvalue weighted by Crippen LogP contribution is -2.18. The van der Waals surface area contributed by atoms with E-state index in [1.54, 1.807) is 12.1 Å². The van der Waals surface area contributed by atoms with E-state index in [9.17, 15) is 4.79 Å². The Morgan fingerprint density at radius 1 is 1.37 bits per heavy atom. The van der Waals surface area contributed by atoms with Crippen LogP contribution in [0.3, 0.4) is 0 Å². The van der Waals surface area contributed by atoms with Crippen LogP contribution in [0.1, 0.15) is 50.4 Å². The molecule has 0 aliphatic heterocycles. The van der Waals surface area contributed by atoms with Gasteiger partial charge in [0.05, 0.1) is 12.2 Å². The zero-order valence-corrected chi connectivity index (χ0v) is 12.0. The third kappa shape index (κ3) is 4.81. The lowest BCUT2D eigenvalue weighted by Gasteiger charge is -2.17. The minimum atomic E-state index is -0.319. The van der Waals surface area contributed by atoms with Crippen molar-refractivity contribution in [3.63, 3.8) is 0 Å². The maximum Gasteiger partial charge on any atom is 0.340 e. The van der Waals surface area contributed by atoms with Gasteiger partial charge in [0.15, 0.2) is 0 Å². The van der Waals surface area contributed by atoms with Gasteiger partial charge < -0.3 is 15.8 Å². The fourth-order valence-corrected chi connectivity index (χ4v) is 1.90. The number of hydrogen-bond donors (Lipinski definition) is 2. The Morgan fingerprint density at radius 2 is 2.11 bits per heavy atom. The lowest BCUT2D eigenvalue weighted by molar-refractivity contribution is 0.0506.